The zero-order valence-electron chi connectivity index (χ0n) is 5.84. The van der Waals surface area contributed by atoms with Crippen LogP contribution in [0, 0.1) is 5.82 Å². The van der Waals surface area contributed by atoms with E-state index in [1.54, 1.807) is 0 Å². The topological polar surface area (TPSA) is 49.3 Å². The van der Waals surface area contributed by atoms with Gasteiger partial charge < -0.3 is 0 Å². The molecular weight excluding hydrogens is 229 g/mol. The van der Waals surface area contributed by atoms with Gasteiger partial charge in [-0.25, -0.2) is 9.87 Å². The van der Waals surface area contributed by atoms with Crippen LogP contribution in [0.4, 0.5) is 4.39 Å². The molecule has 0 saturated carbocycles. The van der Waals surface area contributed by atoms with Crippen molar-refractivity contribution >= 4 is 21.8 Å². The maximum atomic E-state index is 12.6. The molecule has 1 amide bonds. The molecule has 1 aromatic carbocycles. The molecule has 1 rings (SSSR count). The third-order valence-corrected chi connectivity index (χ3v) is 1.89. The van der Waals surface area contributed by atoms with Crippen LogP contribution < -0.4 is 5.48 Å². The Morgan fingerprint density at radius 2 is 2.25 bits per heavy atom. The molecule has 0 aromatic heterocycles. The van der Waals surface area contributed by atoms with Crippen LogP contribution in [0.1, 0.15) is 10.4 Å². The first-order valence-electron chi connectivity index (χ1n) is 3.04. The summed E-state index contributed by atoms with van der Waals surface area (Å²) in [5.74, 6) is -1.12. The second kappa shape index (κ2) is 3.64. The van der Waals surface area contributed by atoms with E-state index in [4.69, 9.17) is 5.21 Å². The van der Waals surface area contributed by atoms with E-state index in [2.05, 4.69) is 15.9 Å². The van der Waals surface area contributed by atoms with Crippen molar-refractivity contribution in [1.82, 2.24) is 5.48 Å². The normalized spacial score (nSPS) is 9.58. The molecule has 2 N–H and O–H groups in total. The number of halogens is 2. The van der Waals surface area contributed by atoms with Gasteiger partial charge in [-0.05, 0) is 34.1 Å². The van der Waals surface area contributed by atoms with Gasteiger partial charge >= 0.3 is 0 Å². The van der Waals surface area contributed by atoms with Crippen molar-refractivity contribution in [3.05, 3.63) is 34.1 Å². The lowest BCUT2D eigenvalue weighted by Crippen LogP contribution is -2.18. The summed E-state index contributed by atoms with van der Waals surface area (Å²) in [6.07, 6.45) is 0. The lowest BCUT2D eigenvalue weighted by molar-refractivity contribution is 0.0706. The van der Waals surface area contributed by atoms with Gasteiger partial charge in [0.05, 0.1) is 4.47 Å². The summed E-state index contributed by atoms with van der Waals surface area (Å²) in [4.78, 5) is 10.8. The molecule has 0 unspecified atom stereocenters. The molecule has 0 bridgehead atoms. The van der Waals surface area contributed by atoms with Crippen LogP contribution in [-0.4, -0.2) is 11.1 Å². The van der Waals surface area contributed by atoms with Crippen LogP contribution >= 0.6 is 15.9 Å². The Bertz CT molecular complexity index is 316. The van der Waals surface area contributed by atoms with Crippen molar-refractivity contribution in [2.24, 2.45) is 0 Å². The van der Waals surface area contributed by atoms with Gasteiger partial charge in [0.2, 0.25) is 0 Å². The first-order chi connectivity index (χ1) is 5.65. The Morgan fingerprint density at radius 3 is 2.75 bits per heavy atom. The second-order valence-corrected chi connectivity index (χ2v) is 2.92. The summed E-state index contributed by atoms with van der Waals surface area (Å²) in [5, 5.41) is 8.24. The number of hydrogen-bond donors (Lipinski definition) is 2. The number of hydroxylamine groups is 1. The van der Waals surface area contributed by atoms with E-state index in [0.29, 0.717) is 0 Å². The molecule has 0 saturated heterocycles. The molecule has 5 heteroatoms. The minimum atomic E-state index is -0.671. The molecule has 0 aliphatic rings. The summed E-state index contributed by atoms with van der Waals surface area (Å²) >= 11 is 2.91. The Labute approximate surface area is 76.3 Å². The van der Waals surface area contributed by atoms with Gasteiger partial charge in [-0.1, -0.05) is 0 Å². The molecule has 0 heterocycles. The van der Waals surface area contributed by atoms with Gasteiger partial charge in [0.1, 0.15) is 5.82 Å². The zero-order chi connectivity index (χ0) is 9.14. The minimum Gasteiger partial charge on any atom is -0.288 e. The third-order valence-electron chi connectivity index (χ3n) is 1.28. The lowest BCUT2D eigenvalue weighted by Gasteiger charge is -1.99. The van der Waals surface area contributed by atoms with Crippen molar-refractivity contribution in [1.29, 1.82) is 0 Å². The lowest BCUT2D eigenvalue weighted by atomic mass is 10.2. The second-order valence-electron chi connectivity index (χ2n) is 2.07. The summed E-state index contributed by atoms with van der Waals surface area (Å²) < 4.78 is 12.8. The monoisotopic (exact) mass is 233 g/mol. The first-order valence-corrected chi connectivity index (χ1v) is 3.84. The zero-order valence-corrected chi connectivity index (χ0v) is 7.43. The molecule has 0 fully saturated rings. The van der Waals surface area contributed by atoms with Crippen LogP contribution in [0.5, 0.6) is 0 Å². The number of rotatable bonds is 1. The molecule has 0 radical (unpaired) electrons. The maximum Gasteiger partial charge on any atom is 0.274 e. The number of benzene rings is 1. The quantitative estimate of drug-likeness (QED) is 0.574. The van der Waals surface area contributed by atoms with E-state index in [1.807, 2.05) is 0 Å². The van der Waals surface area contributed by atoms with Crippen molar-refractivity contribution in [3.63, 3.8) is 0 Å². The number of carbonyl (C=O) groups excluding carboxylic acids is 1. The number of amides is 1. The van der Waals surface area contributed by atoms with Gasteiger partial charge in [-0.3, -0.25) is 10.0 Å². The largest absolute Gasteiger partial charge is 0.288 e. The molecular formula is C7H5BrFNO2. The third kappa shape index (κ3) is 1.80. The summed E-state index contributed by atoms with van der Waals surface area (Å²) in [6.45, 7) is 0. The Morgan fingerprint density at radius 1 is 1.58 bits per heavy atom. The average Bonchev–Trinajstić information content (AvgIpc) is 2.08. The fraction of sp³-hybridized carbons (Fsp3) is 0. The smallest absolute Gasteiger partial charge is 0.274 e. The highest BCUT2D eigenvalue weighted by atomic mass is 79.9. The van der Waals surface area contributed by atoms with E-state index >= 15 is 0 Å². The Balaban J connectivity index is 3.05. The van der Waals surface area contributed by atoms with E-state index in [-0.39, 0.29) is 10.0 Å². The van der Waals surface area contributed by atoms with Crippen LogP contribution in [0.3, 0.4) is 0 Å². The molecule has 3 nitrogen and oxygen atoms in total. The highest BCUT2D eigenvalue weighted by molar-refractivity contribution is 9.10. The van der Waals surface area contributed by atoms with Crippen molar-refractivity contribution in [2.45, 2.75) is 0 Å². The molecule has 64 valence electrons. The fourth-order valence-electron chi connectivity index (χ4n) is 0.702. The molecule has 0 aliphatic carbocycles. The molecule has 0 aliphatic heterocycles. The van der Waals surface area contributed by atoms with Gasteiger partial charge in [0.15, 0.2) is 0 Å². The summed E-state index contributed by atoms with van der Waals surface area (Å²) in [5.41, 5.74) is 1.63. The van der Waals surface area contributed by atoms with Crippen molar-refractivity contribution in [3.8, 4) is 0 Å². The molecule has 0 spiro atoms. The molecule has 0 atom stereocenters. The van der Waals surface area contributed by atoms with Crippen LogP contribution in [0.25, 0.3) is 0 Å². The highest BCUT2D eigenvalue weighted by Gasteiger charge is 2.06. The number of hydrogen-bond acceptors (Lipinski definition) is 2. The minimum absolute atomic E-state index is 0.184. The fourth-order valence-corrected chi connectivity index (χ4v) is 1.08. The van der Waals surface area contributed by atoms with E-state index in [9.17, 15) is 9.18 Å². The van der Waals surface area contributed by atoms with E-state index in [0.717, 1.165) is 6.07 Å². The van der Waals surface area contributed by atoms with Crippen molar-refractivity contribution in [2.75, 3.05) is 0 Å². The van der Waals surface area contributed by atoms with Crippen LogP contribution in [-0.2, 0) is 0 Å². The van der Waals surface area contributed by atoms with Crippen LogP contribution in [0.15, 0.2) is 22.7 Å². The van der Waals surface area contributed by atoms with Crippen molar-refractivity contribution < 1.29 is 14.4 Å². The Hall–Kier alpha value is -0.940. The number of nitrogens with one attached hydrogen (secondary N) is 1. The predicted octanol–water partition coefficient (Wildman–Crippen LogP) is 1.71. The molecule has 1 aromatic rings. The molecule has 12 heavy (non-hydrogen) atoms. The predicted molar refractivity (Wildman–Crippen MR) is 43.4 cm³/mol. The average molecular weight is 234 g/mol. The summed E-state index contributed by atoms with van der Waals surface area (Å²) in [6, 6.07) is 3.68. The summed E-state index contributed by atoms with van der Waals surface area (Å²) in [7, 11) is 0. The van der Waals surface area contributed by atoms with Gasteiger partial charge in [0.25, 0.3) is 5.91 Å². The number of carbonyl (C=O) groups is 1. The Kier molecular flexibility index (Phi) is 2.78. The standard InChI is InChI=1S/C7H5BrFNO2/c8-5-3-4(7(11)10-12)1-2-6(5)9/h1-3,12H,(H,10,11). The maximum absolute atomic E-state index is 12.6. The van der Waals surface area contributed by atoms with Gasteiger partial charge in [0, 0.05) is 5.56 Å². The van der Waals surface area contributed by atoms with Gasteiger partial charge in [-0.2, -0.15) is 0 Å². The van der Waals surface area contributed by atoms with Crippen LogP contribution in [0.2, 0.25) is 0 Å². The SMILES string of the molecule is O=C(NO)c1ccc(F)c(Br)c1. The first kappa shape index (κ1) is 9.15. The van der Waals surface area contributed by atoms with E-state index < -0.39 is 11.7 Å². The van der Waals surface area contributed by atoms with Gasteiger partial charge in [-0.15, -0.1) is 0 Å². The van der Waals surface area contributed by atoms with E-state index in [1.165, 1.54) is 17.6 Å². The highest BCUT2D eigenvalue weighted by Crippen LogP contribution is 2.16.